The van der Waals surface area contributed by atoms with Crippen LogP contribution in [-0.2, 0) is 17.9 Å². The lowest BCUT2D eigenvalue weighted by atomic mass is 10.0. The van der Waals surface area contributed by atoms with E-state index in [1.165, 1.54) is 0 Å². The lowest BCUT2D eigenvalue weighted by Crippen LogP contribution is -2.11. The van der Waals surface area contributed by atoms with Crippen molar-refractivity contribution >= 4 is 11.7 Å². The third-order valence-electron chi connectivity index (χ3n) is 4.32. The number of halogens is 2. The van der Waals surface area contributed by atoms with Crippen LogP contribution in [0.4, 0.5) is 8.78 Å². The Bertz CT molecular complexity index is 827. The van der Waals surface area contributed by atoms with E-state index in [2.05, 4.69) is 4.99 Å². The second-order valence-electron chi connectivity index (χ2n) is 7.20. The minimum absolute atomic E-state index is 0. The molecule has 34 heavy (non-hydrogen) atoms. The number of aliphatic hydroxyl groups excluding tert-OH is 1. The summed E-state index contributed by atoms with van der Waals surface area (Å²) in [5.41, 5.74) is 13.4. The summed E-state index contributed by atoms with van der Waals surface area (Å²) in [6.45, 7) is 1.92. The fourth-order valence-electron chi connectivity index (χ4n) is 2.60. The van der Waals surface area contributed by atoms with Crippen LogP contribution >= 0.6 is 0 Å². The Balaban J connectivity index is 0.000000632. The second kappa shape index (κ2) is 18.4. The Morgan fingerprint density at radius 2 is 1.59 bits per heavy atom. The zero-order valence-electron chi connectivity index (χ0n) is 19.0. The van der Waals surface area contributed by atoms with E-state index in [0.29, 0.717) is 37.6 Å². The smallest absolute Gasteiger partial charge is 0.123 e. The van der Waals surface area contributed by atoms with E-state index in [9.17, 15) is 13.9 Å². The normalized spacial score (nSPS) is 11.6. The highest BCUT2D eigenvalue weighted by atomic mass is 18.2. The number of nitrogens with two attached hydrogens (primary N) is 2. The molecule has 2 aromatic rings. The fraction of sp³-hybridized carbons (Fsp3) is 0.440. The van der Waals surface area contributed by atoms with Crippen molar-refractivity contribution in [2.75, 3.05) is 26.6 Å². The van der Waals surface area contributed by atoms with Crippen LogP contribution in [-0.4, -0.2) is 43.3 Å². The van der Waals surface area contributed by atoms with Crippen molar-refractivity contribution in [3.63, 3.8) is 0 Å². The number of nitrogens with one attached hydrogen (secondary N) is 1. The minimum Gasteiger partial charge on any atom is -0.491 e. The van der Waals surface area contributed by atoms with Gasteiger partial charge in [0.1, 0.15) is 25.7 Å². The van der Waals surface area contributed by atoms with Gasteiger partial charge in [-0.15, -0.1) is 0 Å². The summed E-state index contributed by atoms with van der Waals surface area (Å²) in [7, 11) is 0. The first-order valence-corrected chi connectivity index (χ1v) is 10.6. The molecule has 0 amide bonds. The molecule has 1 unspecified atom stereocenters. The maximum Gasteiger partial charge on any atom is 0.123 e. The SMILES string of the molecule is C.CC(N)=NCc1ccc(OCC[18F])cc1.N=C(N)CCC(O)c1ccc(COCC[18F])cc1. The van der Waals surface area contributed by atoms with Crippen LogP contribution in [0.25, 0.3) is 0 Å². The molecule has 0 saturated carbocycles. The summed E-state index contributed by atoms with van der Waals surface area (Å²) in [5, 5.41) is 16.9. The quantitative estimate of drug-likeness (QED) is 0.192. The van der Waals surface area contributed by atoms with E-state index in [1.54, 1.807) is 31.2 Å². The van der Waals surface area contributed by atoms with Crippen molar-refractivity contribution in [2.45, 2.75) is 46.4 Å². The molecule has 2 aromatic carbocycles. The molecule has 0 saturated heterocycles. The zero-order chi connectivity index (χ0) is 24.5. The van der Waals surface area contributed by atoms with E-state index >= 15 is 0 Å². The number of alkyl halides is 2. The molecule has 0 aliphatic heterocycles. The van der Waals surface area contributed by atoms with Crippen molar-refractivity contribution < 1.29 is 23.4 Å². The Morgan fingerprint density at radius 1 is 1.00 bits per heavy atom. The number of ether oxygens (including phenoxy) is 2. The highest BCUT2D eigenvalue weighted by Crippen LogP contribution is 2.19. The van der Waals surface area contributed by atoms with Gasteiger partial charge in [-0.3, -0.25) is 10.4 Å². The van der Waals surface area contributed by atoms with E-state index in [4.69, 9.17) is 26.4 Å². The third kappa shape index (κ3) is 14.2. The molecule has 0 spiro atoms. The predicted octanol–water partition coefficient (Wildman–Crippen LogP) is 4.47. The average Bonchev–Trinajstić information content (AvgIpc) is 2.81. The molecular weight excluding hydrogens is 440 g/mol. The standard InChI is InChI=1S/C13H19FN2O2.C11H15FN2O.CH4/c14-7-8-18-9-10-1-3-11(4-2-10)12(17)5-6-13(15)16;1-9(13)14-8-10-2-4-11(5-3-10)15-7-6-12;/h1-4,12,17H,5-9H2,(H3,15,16);2-5H,6-8H2,1H3,(H2,13,14);1H4/i14-1;12-1;. The number of aliphatic imine (C=N–C) groups is 1. The number of amidine groups is 2. The number of aliphatic hydroxyl groups is 1. The summed E-state index contributed by atoms with van der Waals surface area (Å²) in [6.07, 6.45) is 0.199. The summed E-state index contributed by atoms with van der Waals surface area (Å²) in [4.78, 5) is 4.08. The highest BCUT2D eigenvalue weighted by Gasteiger charge is 2.07. The first-order valence-electron chi connectivity index (χ1n) is 10.6. The number of benzene rings is 2. The molecular formula is C25H38F2N4O3. The number of hydrogen-bond acceptors (Lipinski definition) is 5. The molecule has 0 aliphatic rings. The fourth-order valence-corrected chi connectivity index (χ4v) is 2.60. The van der Waals surface area contributed by atoms with Crippen molar-refractivity contribution in [1.29, 1.82) is 5.41 Å². The summed E-state index contributed by atoms with van der Waals surface area (Å²) < 4.78 is 33.8. The molecule has 7 nitrogen and oxygen atoms in total. The molecule has 2 rings (SSSR count). The monoisotopic (exact) mass is 478 g/mol. The molecule has 6 N–H and O–H groups in total. The van der Waals surface area contributed by atoms with Crippen molar-refractivity contribution in [1.82, 2.24) is 0 Å². The molecule has 1 atom stereocenters. The van der Waals surface area contributed by atoms with Crippen LogP contribution in [0.15, 0.2) is 53.5 Å². The van der Waals surface area contributed by atoms with Gasteiger partial charge in [0, 0.05) is 6.42 Å². The largest absolute Gasteiger partial charge is 0.491 e. The Hall–Kier alpha value is -3.04. The Morgan fingerprint density at radius 3 is 2.12 bits per heavy atom. The van der Waals surface area contributed by atoms with Gasteiger partial charge in [-0.1, -0.05) is 43.8 Å². The number of hydrogen-bond donors (Lipinski definition) is 4. The third-order valence-corrected chi connectivity index (χ3v) is 4.32. The second-order valence-corrected chi connectivity index (χ2v) is 7.20. The molecule has 0 aliphatic carbocycles. The highest BCUT2D eigenvalue weighted by molar-refractivity contribution is 5.77. The lowest BCUT2D eigenvalue weighted by Gasteiger charge is -2.11. The van der Waals surface area contributed by atoms with Gasteiger partial charge in [-0.2, -0.15) is 0 Å². The maximum atomic E-state index is 11.8. The van der Waals surface area contributed by atoms with Gasteiger partial charge in [-0.05, 0) is 42.2 Å². The van der Waals surface area contributed by atoms with Crippen molar-refractivity contribution in [3.8, 4) is 5.75 Å². The van der Waals surface area contributed by atoms with Crippen LogP contribution in [0.3, 0.4) is 0 Å². The van der Waals surface area contributed by atoms with Gasteiger partial charge in [-0.25, -0.2) is 8.78 Å². The zero-order valence-corrected chi connectivity index (χ0v) is 19.0. The number of nitrogens with zero attached hydrogens (tertiary/aromatic N) is 1. The van der Waals surface area contributed by atoms with E-state index in [-0.39, 0.29) is 26.5 Å². The van der Waals surface area contributed by atoms with E-state index in [1.807, 2.05) is 24.3 Å². The van der Waals surface area contributed by atoms with Crippen molar-refractivity contribution in [2.24, 2.45) is 16.5 Å². The van der Waals surface area contributed by atoms with Gasteiger partial charge in [0.2, 0.25) is 0 Å². The van der Waals surface area contributed by atoms with Gasteiger partial charge in [0.25, 0.3) is 0 Å². The maximum absolute atomic E-state index is 11.8. The topological polar surface area (TPSA) is 127 Å². The van der Waals surface area contributed by atoms with Gasteiger partial charge in [0.05, 0.1) is 37.5 Å². The molecule has 0 heterocycles. The van der Waals surface area contributed by atoms with Crippen LogP contribution < -0.4 is 16.2 Å². The molecule has 0 radical (unpaired) electrons. The Kier molecular flexibility index (Phi) is 16.7. The van der Waals surface area contributed by atoms with Gasteiger partial charge >= 0.3 is 0 Å². The lowest BCUT2D eigenvalue weighted by molar-refractivity contribution is 0.106. The molecule has 190 valence electrons. The first kappa shape index (κ1) is 31.0. The van der Waals surface area contributed by atoms with E-state index in [0.717, 1.165) is 16.7 Å². The molecule has 0 aromatic heterocycles. The summed E-state index contributed by atoms with van der Waals surface area (Å²) in [6, 6.07) is 14.7. The minimum atomic E-state index is -0.616. The van der Waals surface area contributed by atoms with Crippen LogP contribution in [0.5, 0.6) is 5.75 Å². The molecule has 9 heteroatoms. The number of rotatable bonds is 13. The average molecular weight is 479 g/mol. The van der Waals surface area contributed by atoms with Crippen LogP contribution in [0.2, 0.25) is 0 Å². The molecule has 0 bridgehead atoms. The summed E-state index contributed by atoms with van der Waals surface area (Å²) >= 11 is 0. The van der Waals surface area contributed by atoms with Gasteiger partial charge < -0.3 is 26.0 Å². The van der Waals surface area contributed by atoms with Crippen LogP contribution in [0.1, 0.15) is 50.0 Å². The van der Waals surface area contributed by atoms with E-state index < -0.39 is 19.5 Å². The van der Waals surface area contributed by atoms with Crippen molar-refractivity contribution in [3.05, 3.63) is 65.2 Å². The van der Waals surface area contributed by atoms with Gasteiger partial charge in [0.15, 0.2) is 0 Å². The predicted molar refractivity (Wildman–Crippen MR) is 134 cm³/mol. The summed E-state index contributed by atoms with van der Waals surface area (Å²) in [5.74, 6) is 1.31. The Labute approximate surface area is 201 Å². The first-order chi connectivity index (χ1) is 15.8. The van der Waals surface area contributed by atoms with Crippen LogP contribution in [0, 0.1) is 5.41 Å². The molecule has 0 fully saturated rings.